The summed E-state index contributed by atoms with van der Waals surface area (Å²) in [5, 5.41) is 8.97. The van der Waals surface area contributed by atoms with Gasteiger partial charge in [-0.1, -0.05) is 19.3 Å². The number of anilines is 3. The van der Waals surface area contributed by atoms with Gasteiger partial charge < -0.3 is 20.7 Å². The van der Waals surface area contributed by atoms with Gasteiger partial charge in [0.15, 0.2) is 0 Å². The summed E-state index contributed by atoms with van der Waals surface area (Å²) in [6.07, 6.45) is 7.29. The SMILES string of the molecule is COC(=O)c1ccc(Nc2ccc(NC(=O)NC3CCCCC3)cn2)cc1. The minimum absolute atomic E-state index is 0.192. The van der Waals surface area contributed by atoms with Crippen molar-refractivity contribution in [3.63, 3.8) is 0 Å². The minimum Gasteiger partial charge on any atom is -0.465 e. The zero-order valence-electron chi connectivity index (χ0n) is 15.3. The van der Waals surface area contributed by atoms with E-state index in [4.69, 9.17) is 0 Å². The van der Waals surface area contributed by atoms with Gasteiger partial charge in [0.1, 0.15) is 5.82 Å². The van der Waals surface area contributed by atoms with E-state index in [0.29, 0.717) is 17.1 Å². The summed E-state index contributed by atoms with van der Waals surface area (Å²) < 4.78 is 4.68. The predicted octanol–water partition coefficient (Wildman–Crippen LogP) is 4.07. The lowest BCUT2D eigenvalue weighted by molar-refractivity contribution is 0.0600. The van der Waals surface area contributed by atoms with E-state index in [1.54, 1.807) is 42.6 Å². The van der Waals surface area contributed by atoms with Crippen molar-refractivity contribution in [2.45, 2.75) is 38.1 Å². The molecule has 142 valence electrons. The van der Waals surface area contributed by atoms with Crippen molar-refractivity contribution >= 4 is 29.2 Å². The summed E-state index contributed by atoms with van der Waals surface area (Å²) in [7, 11) is 1.35. The molecule has 0 atom stereocenters. The molecular weight excluding hydrogens is 344 g/mol. The molecule has 27 heavy (non-hydrogen) atoms. The minimum atomic E-state index is -0.374. The Balaban J connectivity index is 1.52. The van der Waals surface area contributed by atoms with E-state index in [0.717, 1.165) is 18.5 Å². The number of nitrogens with one attached hydrogen (secondary N) is 3. The summed E-state index contributed by atoms with van der Waals surface area (Å²) in [6, 6.07) is 10.6. The summed E-state index contributed by atoms with van der Waals surface area (Å²) in [5.74, 6) is 0.265. The number of carbonyl (C=O) groups is 2. The fraction of sp³-hybridized carbons (Fsp3) is 0.350. The summed E-state index contributed by atoms with van der Waals surface area (Å²) in [6.45, 7) is 0. The van der Waals surface area contributed by atoms with Gasteiger partial charge in [-0.15, -0.1) is 0 Å². The molecule has 2 aromatic rings. The fourth-order valence-electron chi connectivity index (χ4n) is 3.10. The van der Waals surface area contributed by atoms with Crippen LogP contribution in [0.15, 0.2) is 42.6 Å². The quantitative estimate of drug-likeness (QED) is 0.692. The van der Waals surface area contributed by atoms with E-state index in [1.165, 1.54) is 26.4 Å². The number of aromatic nitrogens is 1. The molecule has 0 saturated heterocycles. The Kier molecular flexibility index (Phi) is 6.25. The number of pyridine rings is 1. The molecule has 1 aromatic carbocycles. The Labute approximate surface area is 158 Å². The number of hydrogen-bond donors (Lipinski definition) is 3. The molecule has 0 aliphatic heterocycles. The molecule has 0 spiro atoms. The fourth-order valence-corrected chi connectivity index (χ4v) is 3.10. The summed E-state index contributed by atoms with van der Waals surface area (Å²) >= 11 is 0. The lowest BCUT2D eigenvalue weighted by Gasteiger charge is -2.22. The number of carbonyl (C=O) groups excluding carboxylic acids is 2. The predicted molar refractivity (Wildman–Crippen MR) is 104 cm³/mol. The van der Waals surface area contributed by atoms with Crippen LogP contribution in [0.2, 0.25) is 0 Å². The van der Waals surface area contributed by atoms with Crippen LogP contribution in [0.4, 0.5) is 22.0 Å². The molecule has 3 N–H and O–H groups in total. The molecule has 1 aromatic heterocycles. The molecular formula is C20H24N4O3. The first-order chi connectivity index (χ1) is 13.1. The molecule has 3 rings (SSSR count). The molecule has 0 radical (unpaired) electrons. The van der Waals surface area contributed by atoms with Gasteiger partial charge in [0.05, 0.1) is 24.6 Å². The van der Waals surface area contributed by atoms with E-state index < -0.39 is 0 Å². The van der Waals surface area contributed by atoms with Crippen molar-refractivity contribution in [2.24, 2.45) is 0 Å². The standard InChI is InChI=1S/C20H24N4O3/c1-27-19(25)14-7-9-16(10-8-14)22-18-12-11-17(13-21-18)24-20(26)23-15-5-3-2-4-6-15/h7-13,15H,2-6H2,1H3,(H,21,22)(H2,23,24,26). The third-order valence-corrected chi connectivity index (χ3v) is 4.54. The molecule has 1 aliphatic rings. The van der Waals surface area contributed by atoms with E-state index >= 15 is 0 Å². The first-order valence-corrected chi connectivity index (χ1v) is 9.13. The van der Waals surface area contributed by atoms with Gasteiger partial charge in [0.25, 0.3) is 0 Å². The Morgan fingerprint density at radius 2 is 1.70 bits per heavy atom. The average Bonchev–Trinajstić information content (AvgIpc) is 2.70. The third kappa shape index (κ3) is 5.44. The molecule has 1 aliphatic carbocycles. The molecule has 1 fully saturated rings. The highest BCUT2D eigenvalue weighted by molar-refractivity contribution is 5.90. The number of ether oxygens (including phenoxy) is 1. The van der Waals surface area contributed by atoms with Crippen LogP contribution < -0.4 is 16.0 Å². The lowest BCUT2D eigenvalue weighted by atomic mass is 9.96. The molecule has 1 saturated carbocycles. The van der Waals surface area contributed by atoms with Crippen molar-refractivity contribution in [3.8, 4) is 0 Å². The summed E-state index contributed by atoms with van der Waals surface area (Å²) in [5.41, 5.74) is 1.92. The Morgan fingerprint density at radius 1 is 1.00 bits per heavy atom. The van der Waals surface area contributed by atoms with Crippen molar-refractivity contribution in [3.05, 3.63) is 48.2 Å². The lowest BCUT2D eigenvalue weighted by Crippen LogP contribution is -2.39. The van der Waals surface area contributed by atoms with Crippen LogP contribution in [0.3, 0.4) is 0 Å². The second kappa shape index (κ2) is 9.02. The van der Waals surface area contributed by atoms with E-state index in [2.05, 4.69) is 25.7 Å². The van der Waals surface area contributed by atoms with Gasteiger partial charge in [-0.2, -0.15) is 0 Å². The highest BCUT2D eigenvalue weighted by Crippen LogP contribution is 2.19. The number of benzene rings is 1. The number of rotatable bonds is 5. The Morgan fingerprint density at radius 3 is 2.33 bits per heavy atom. The topological polar surface area (TPSA) is 92.4 Å². The highest BCUT2D eigenvalue weighted by Gasteiger charge is 2.15. The molecule has 0 unspecified atom stereocenters. The third-order valence-electron chi connectivity index (χ3n) is 4.54. The monoisotopic (exact) mass is 368 g/mol. The van der Waals surface area contributed by atoms with Crippen LogP contribution in [0.25, 0.3) is 0 Å². The first kappa shape index (κ1) is 18.7. The maximum Gasteiger partial charge on any atom is 0.337 e. The molecule has 0 bridgehead atoms. The van der Waals surface area contributed by atoms with E-state index in [9.17, 15) is 9.59 Å². The molecule has 2 amide bonds. The number of amides is 2. The van der Waals surface area contributed by atoms with Gasteiger partial charge in [0, 0.05) is 11.7 Å². The van der Waals surface area contributed by atoms with Gasteiger partial charge >= 0.3 is 12.0 Å². The zero-order chi connectivity index (χ0) is 19.1. The van der Waals surface area contributed by atoms with Crippen molar-refractivity contribution in [1.29, 1.82) is 0 Å². The number of hydrogen-bond acceptors (Lipinski definition) is 5. The van der Waals surface area contributed by atoms with Crippen molar-refractivity contribution in [1.82, 2.24) is 10.3 Å². The number of nitrogens with zero attached hydrogens (tertiary/aromatic N) is 1. The van der Waals surface area contributed by atoms with Crippen LogP contribution in [0, 0.1) is 0 Å². The highest BCUT2D eigenvalue weighted by atomic mass is 16.5. The Hall–Kier alpha value is -3.09. The molecule has 7 heteroatoms. The smallest absolute Gasteiger partial charge is 0.337 e. The van der Waals surface area contributed by atoms with E-state index in [-0.39, 0.29) is 18.0 Å². The van der Waals surface area contributed by atoms with Crippen LogP contribution >= 0.6 is 0 Å². The van der Waals surface area contributed by atoms with Gasteiger partial charge in [-0.3, -0.25) is 0 Å². The van der Waals surface area contributed by atoms with Crippen LogP contribution in [0.1, 0.15) is 42.5 Å². The normalized spacial score (nSPS) is 14.3. The van der Waals surface area contributed by atoms with Gasteiger partial charge in [-0.05, 0) is 49.2 Å². The van der Waals surface area contributed by atoms with Crippen LogP contribution in [-0.4, -0.2) is 30.1 Å². The van der Waals surface area contributed by atoms with Crippen LogP contribution in [-0.2, 0) is 4.74 Å². The van der Waals surface area contributed by atoms with E-state index in [1.807, 2.05) is 0 Å². The second-order valence-electron chi connectivity index (χ2n) is 6.56. The van der Waals surface area contributed by atoms with Gasteiger partial charge in [0.2, 0.25) is 0 Å². The number of methoxy groups -OCH3 is 1. The zero-order valence-corrected chi connectivity index (χ0v) is 15.3. The average molecular weight is 368 g/mol. The van der Waals surface area contributed by atoms with Crippen LogP contribution in [0.5, 0.6) is 0 Å². The largest absolute Gasteiger partial charge is 0.465 e. The summed E-state index contributed by atoms with van der Waals surface area (Å²) in [4.78, 5) is 27.8. The molecule has 1 heterocycles. The number of urea groups is 1. The Bertz CT molecular complexity index is 769. The van der Waals surface area contributed by atoms with Gasteiger partial charge in [-0.25, -0.2) is 14.6 Å². The first-order valence-electron chi connectivity index (χ1n) is 9.13. The van der Waals surface area contributed by atoms with Crippen molar-refractivity contribution < 1.29 is 14.3 Å². The second-order valence-corrected chi connectivity index (χ2v) is 6.56. The van der Waals surface area contributed by atoms with Crippen molar-refractivity contribution in [2.75, 3.05) is 17.7 Å². The number of esters is 1. The maximum absolute atomic E-state index is 12.1. The molecule has 7 nitrogen and oxygen atoms in total. The maximum atomic E-state index is 12.1.